The van der Waals surface area contributed by atoms with Crippen molar-refractivity contribution in [3.05, 3.63) is 62.1 Å². The van der Waals surface area contributed by atoms with Crippen LogP contribution in [0.4, 0.5) is 17.1 Å². The first-order valence-corrected chi connectivity index (χ1v) is 6.76. The molecule has 1 heterocycles. The maximum absolute atomic E-state index is 11.0. The van der Waals surface area contributed by atoms with E-state index in [2.05, 4.69) is 32.9 Å². The predicted octanol–water partition coefficient (Wildman–Crippen LogP) is 3.14. The average Bonchev–Trinajstić information content (AvgIpc) is 3.00. The lowest BCUT2D eigenvalue weighted by Crippen LogP contribution is -1.98. The third-order valence-corrected chi connectivity index (χ3v) is 2.88. The third kappa shape index (κ3) is 4.29. The van der Waals surface area contributed by atoms with Crippen LogP contribution in [0, 0.1) is 20.2 Å². The Hall–Kier alpha value is -3.43. The number of nitro benzene ring substituents is 2. The van der Waals surface area contributed by atoms with Gasteiger partial charge in [-0.2, -0.15) is 5.10 Å². The molecule has 0 bridgehead atoms. The van der Waals surface area contributed by atoms with E-state index < -0.39 is 15.5 Å². The standard InChI is InChI=1S/C13H9N5O5S/c19-17(20)9-1-4-12(13(5-9)18(21)22)16-15-7-11-3-2-10(23-11)6-14-8-24/h1-5,7,16H,6H2. The molecule has 122 valence electrons. The highest BCUT2D eigenvalue weighted by atomic mass is 32.1. The molecule has 0 spiro atoms. The molecule has 0 atom stereocenters. The van der Waals surface area contributed by atoms with Gasteiger partial charge in [-0.05, 0) is 30.4 Å². The van der Waals surface area contributed by atoms with Crippen LogP contribution in [0.5, 0.6) is 0 Å². The lowest BCUT2D eigenvalue weighted by Gasteiger charge is -2.01. The second-order valence-electron chi connectivity index (χ2n) is 4.30. The summed E-state index contributed by atoms with van der Waals surface area (Å²) in [6.45, 7) is 0.249. The number of furan rings is 1. The molecule has 2 aromatic rings. The Bertz CT molecular complexity index is 856. The normalized spacial score (nSPS) is 10.3. The van der Waals surface area contributed by atoms with Crippen molar-refractivity contribution < 1.29 is 14.3 Å². The summed E-state index contributed by atoms with van der Waals surface area (Å²) in [6, 6.07) is 6.50. The van der Waals surface area contributed by atoms with Crippen LogP contribution < -0.4 is 5.43 Å². The number of benzene rings is 1. The molecule has 0 saturated heterocycles. The van der Waals surface area contributed by atoms with E-state index in [4.69, 9.17) is 4.42 Å². The molecule has 0 amide bonds. The highest BCUT2D eigenvalue weighted by molar-refractivity contribution is 7.78. The fourth-order valence-electron chi connectivity index (χ4n) is 1.70. The number of rotatable bonds is 7. The van der Waals surface area contributed by atoms with Gasteiger partial charge in [0.1, 0.15) is 23.8 Å². The van der Waals surface area contributed by atoms with Gasteiger partial charge in [-0.3, -0.25) is 25.7 Å². The Morgan fingerprint density at radius 3 is 2.71 bits per heavy atom. The Labute approximate surface area is 139 Å². The number of thiocarbonyl (C=S) groups is 1. The summed E-state index contributed by atoms with van der Waals surface area (Å²) in [5.41, 5.74) is 1.62. The van der Waals surface area contributed by atoms with Gasteiger partial charge in [-0.25, -0.2) is 4.99 Å². The molecular weight excluding hydrogens is 338 g/mol. The van der Waals surface area contributed by atoms with E-state index in [1.165, 1.54) is 12.3 Å². The summed E-state index contributed by atoms with van der Waals surface area (Å²) in [4.78, 5) is 23.9. The number of hydrazone groups is 1. The summed E-state index contributed by atoms with van der Waals surface area (Å²) < 4.78 is 5.36. The smallest absolute Gasteiger partial charge is 0.301 e. The van der Waals surface area contributed by atoms with E-state index in [1.54, 1.807) is 12.1 Å². The number of hydrogen-bond acceptors (Lipinski definition) is 9. The highest BCUT2D eigenvalue weighted by Gasteiger charge is 2.19. The van der Waals surface area contributed by atoms with Gasteiger partial charge in [0, 0.05) is 6.07 Å². The van der Waals surface area contributed by atoms with Gasteiger partial charge in [0.25, 0.3) is 5.69 Å². The molecule has 0 saturated carbocycles. The fraction of sp³-hybridized carbons (Fsp3) is 0.0769. The van der Waals surface area contributed by atoms with E-state index in [0.717, 1.165) is 12.1 Å². The first-order chi connectivity index (χ1) is 11.5. The first kappa shape index (κ1) is 16.9. The van der Waals surface area contributed by atoms with Gasteiger partial charge in [0.2, 0.25) is 0 Å². The van der Waals surface area contributed by atoms with Crippen LogP contribution in [0.2, 0.25) is 0 Å². The van der Waals surface area contributed by atoms with Crippen molar-refractivity contribution in [3.8, 4) is 0 Å². The minimum atomic E-state index is -0.737. The number of non-ortho nitro benzene ring substituents is 1. The molecule has 0 radical (unpaired) electrons. The molecule has 0 aliphatic rings. The van der Waals surface area contributed by atoms with Crippen LogP contribution in [0.1, 0.15) is 11.5 Å². The summed E-state index contributed by atoms with van der Waals surface area (Å²) in [6.07, 6.45) is 1.30. The van der Waals surface area contributed by atoms with Gasteiger partial charge in [-0.15, -0.1) is 0 Å². The zero-order valence-corrected chi connectivity index (χ0v) is 12.7. The minimum absolute atomic E-state index is 0.0129. The molecular formula is C13H9N5O5S. The second-order valence-corrected chi connectivity index (χ2v) is 4.48. The molecule has 11 heteroatoms. The molecule has 1 aromatic heterocycles. The Morgan fingerprint density at radius 2 is 2.04 bits per heavy atom. The maximum Gasteiger partial charge on any atom is 0.301 e. The van der Waals surface area contributed by atoms with Crippen molar-refractivity contribution in [2.75, 3.05) is 5.43 Å². The van der Waals surface area contributed by atoms with Crippen LogP contribution in [0.15, 0.2) is 44.8 Å². The Kier molecular flexibility index (Phi) is 5.45. The van der Waals surface area contributed by atoms with E-state index in [0.29, 0.717) is 11.5 Å². The van der Waals surface area contributed by atoms with Gasteiger partial charge in [0.15, 0.2) is 0 Å². The van der Waals surface area contributed by atoms with Crippen LogP contribution in [0.3, 0.4) is 0 Å². The Balaban J connectivity index is 2.13. The molecule has 10 nitrogen and oxygen atoms in total. The number of nitro groups is 2. The third-order valence-electron chi connectivity index (χ3n) is 2.75. The zero-order valence-electron chi connectivity index (χ0n) is 11.9. The lowest BCUT2D eigenvalue weighted by atomic mass is 10.2. The number of isothiocyanates is 1. The fourth-order valence-corrected chi connectivity index (χ4v) is 1.77. The predicted molar refractivity (Wildman–Crippen MR) is 88.4 cm³/mol. The first-order valence-electron chi connectivity index (χ1n) is 6.35. The molecule has 1 aromatic carbocycles. The van der Waals surface area contributed by atoms with E-state index in [-0.39, 0.29) is 17.9 Å². The topological polar surface area (TPSA) is 136 Å². The molecule has 0 unspecified atom stereocenters. The molecule has 24 heavy (non-hydrogen) atoms. The van der Waals surface area contributed by atoms with Crippen LogP contribution >= 0.6 is 12.2 Å². The quantitative estimate of drug-likeness (QED) is 0.351. The van der Waals surface area contributed by atoms with Crippen molar-refractivity contribution in [2.24, 2.45) is 10.1 Å². The summed E-state index contributed by atoms with van der Waals surface area (Å²) >= 11 is 4.45. The molecule has 0 aliphatic carbocycles. The minimum Gasteiger partial charge on any atom is -0.458 e. The van der Waals surface area contributed by atoms with Crippen molar-refractivity contribution in [3.63, 3.8) is 0 Å². The van der Waals surface area contributed by atoms with Gasteiger partial charge in [0.05, 0.1) is 27.3 Å². The number of nitrogens with zero attached hydrogens (tertiary/aromatic N) is 4. The lowest BCUT2D eigenvalue weighted by molar-refractivity contribution is -0.393. The van der Waals surface area contributed by atoms with Crippen LogP contribution in [0.25, 0.3) is 0 Å². The van der Waals surface area contributed by atoms with Crippen molar-refractivity contribution >= 4 is 40.7 Å². The van der Waals surface area contributed by atoms with Crippen molar-refractivity contribution in [1.29, 1.82) is 0 Å². The largest absolute Gasteiger partial charge is 0.458 e. The zero-order chi connectivity index (χ0) is 17.5. The number of nitrogens with one attached hydrogen (secondary N) is 1. The van der Waals surface area contributed by atoms with Gasteiger partial charge < -0.3 is 4.42 Å². The molecule has 0 fully saturated rings. The highest BCUT2D eigenvalue weighted by Crippen LogP contribution is 2.28. The van der Waals surface area contributed by atoms with Gasteiger partial charge in [-0.1, -0.05) is 0 Å². The molecule has 2 rings (SSSR count). The molecule has 0 aliphatic heterocycles. The van der Waals surface area contributed by atoms with Crippen LogP contribution in [-0.2, 0) is 6.54 Å². The van der Waals surface area contributed by atoms with Crippen LogP contribution in [-0.4, -0.2) is 21.2 Å². The Morgan fingerprint density at radius 1 is 1.25 bits per heavy atom. The van der Waals surface area contributed by atoms with E-state index in [1.807, 2.05) is 0 Å². The number of hydrogen-bond donors (Lipinski definition) is 1. The van der Waals surface area contributed by atoms with Gasteiger partial charge >= 0.3 is 5.69 Å². The maximum atomic E-state index is 11.0. The number of anilines is 1. The monoisotopic (exact) mass is 347 g/mol. The SMILES string of the molecule is O=[N+]([O-])c1ccc(NN=Cc2ccc(CN=C=S)o2)c([N+](=O)[O-])c1. The summed E-state index contributed by atoms with van der Waals surface area (Å²) in [7, 11) is 0. The van der Waals surface area contributed by atoms with Crippen molar-refractivity contribution in [2.45, 2.75) is 6.54 Å². The van der Waals surface area contributed by atoms with Crippen molar-refractivity contribution in [1.82, 2.24) is 0 Å². The number of aliphatic imine (C=N–C) groups is 1. The second kappa shape index (κ2) is 7.72. The summed E-state index contributed by atoms with van der Waals surface area (Å²) in [5, 5.41) is 27.7. The van der Waals surface area contributed by atoms with E-state index in [9.17, 15) is 20.2 Å². The van der Waals surface area contributed by atoms with E-state index >= 15 is 0 Å². The average molecular weight is 347 g/mol. The molecule has 1 N–H and O–H groups in total. The summed E-state index contributed by atoms with van der Waals surface area (Å²) in [5.74, 6) is 0.941.